The second kappa shape index (κ2) is 8.89. The molecule has 7 nitrogen and oxygen atoms in total. The van der Waals surface area contributed by atoms with E-state index in [1.165, 1.54) is 0 Å². The number of para-hydroxylation sites is 1. The van der Waals surface area contributed by atoms with Crippen molar-refractivity contribution in [3.63, 3.8) is 0 Å². The standard InChI is InChI=1S/C24H28N4O3/c1-16(29)28-12-10-17-13-18(8-9-22(17)28)24(31)26-21-7-3-2-5-19(21)14-27-11-4-6-20(15-27)23(25)30/h2-3,5,7-9,13,20H,4,6,10-12,14-15H2,1H3,(H2,25,30)(H,26,31). The molecule has 0 bridgehead atoms. The van der Waals surface area contributed by atoms with Crippen molar-refractivity contribution in [2.45, 2.75) is 32.7 Å². The summed E-state index contributed by atoms with van der Waals surface area (Å²) >= 11 is 0. The lowest BCUT2D eigenvalue weighted by atomic mass is 9.97. The van der Waals surface area contributed by atoms with E-state index in [9.17, 15) is 14.4 Å². The number of nitrogens with one attached hydrogen (secondary N) is 1. The van der Waals surface area contributed by atoms with E-state index < -0.39 is 0 Å². The number of carbonyl (C=O) groups excluding carboxylic acids is 3. The Kier molecular flexibility index (Phi) is 6.04. The van der Waals surface area contributed by atoms with E-state index in [0.29, 0.717) is 25.2 Å². The van der Waals surface area contributed by atoms with Gasteiger partial charge in [-0.3, -0.25) is 19.3 Å². The van der Waals surface area contributed by atoms with Crippen molar-refractivity contribution in [3.05, 3.63) is 59.2 Å². The normalized spacial score (nSPS) is 18.5. The highest BCUT2D eigenvalue weighted by molar-refractivity contribution is 6.05. The summed E-state index contributed by atoms with van der Waals surface area (Å²) in [6, 6.07) is 13.2. The lowest BCUT2D eigenvalue weighted by molar-refractivity contribution is -0.123. The number of benzene rings is 2. The van der Waals surface area contributed by atoms with Crippen LogP contribution in [-0.4, -0.2) is 42.3 Å². The molecular weight excluding hydrogens is 392 g/mol. The predicted molar refractivity (Wildman–Crippen MR) is 120 cm³/mol. The van der Waals surface area contributed by atoms with Crippen LogP contribution in [0.1, 0.15) is 41.3 Å². The summed E-state index contributed by atoms with van der Waals surface area (Å²) in [6.07, 6.45) is 2.53. The quantitative estimate of drug-likeness (QED) is 0.777. The molecule has 0 aromatic heterocycles. The average molecular weight is 421 g/mol. The van der Waals surface area contributed by atoms with E-state index >= 15 is 0 Å². The van der Waals surface area contributed by atoms with Crippen LogP contribution in [-0.2, 0) is 22.6 Å². The molecule has 1 atom stereocenters. The molecule has 0 aliphatic carbocycles. The summed E-state index contributed by atoms with van der Waals surface area (Å²) in [7, 11) is 0. The van der Waals surface area contributed by atoms with Gasteiger partial charge >= 0.3 is 0 Å². The Labute approximate surface area is 182 Å². The Balaban J connectivity index is 1.47. The number of piperidine rings is 1. The number of hydrogen-bond acceptors (Lipinski definition) is 4. The maximum absolute atomic E-state index is 12.9. The number of primary amides is 1. The van der Waals surface area contributed by atoms with Crippen molar-refractivity contribution in [2.24, 2.45) is 11.7 Å². The van der Waals surface area contributed by atoms with Gasteiger partial charge in [0.15, 0.2) is 0 Å². The summed E-state index contributed by atoms with van der Waals surface area (Å²) < 4.78 is 0. The predicted octanol–water partition coefficient (Wildman–Crippen LogP) is 2.55. The monoisotopic (exact) mass is 420 g/mol. The fourth-order valence-corrected chi connectivity index (χ4v) is 4.52. The topological polar surface area (TPSA) is 95.7 Å². The number of nitrogens with two attached hydrogens (primary N) is 1. The largest absolute Gasteiger partial charge is 0.369 e. The van der Waals surface area contributed by atoms with Crippen LogP contribution in [0.15, 0.2) is 42.5 Å². The van der Waals surface area contributed by atoms with E-state index in [0.717, 1.165) is 48.3 Å². The maximum Gasteiger partial charge on any atom is 0.255 e. The second-order valence-electron chi connectivity index (χ2n) is 8.35. The van der Waals surface area contributed by atoms with Crippen LogP contribution in [0, 0.1) is 5.92 Å². The molecule has 1 fully saturated rings. The Morgan fingerprint density at radius 1 is 1.13 bits per heavy atom. The maximum atomic E-state index is 12.9. The van der Waals surface area contributed by atoms with E-state index in [4.69, 9.17) is 5.73 Å². The van der Waals surface area contributed by atoms with Crippen LogP contribution in [0.2, 0.25) is 0 Å². The highest BCUT2D eigenvalue weighted by Gasteiger charge is 2.25. The number of hydrogen-bond donors (Lipinski definition) is 2. The minimum atomic E-state index is -0.244. The van der Waals surface area contributed by atoms with Gasteiger partial charge in [0.1, 0.15) is 0 Å². The third-order valence-electron chi connectivity index (χ3n) is 6.18. The molecule has 2 heterocycles. The summed E-state index contributed by atoms with van der Waals surface area (Å²) in [5.41, 5.74) is 9.75. The number of likely N-dealkylation sites (tertiary alicyclic amines) is 1. The van der Waals surface area contributed by atoms with Crippen LogP contribution in [0.4, 0.5) is 11.4 Å². The fourth-order valence-electron chi connectivity index (χ4n) is 4.52. The SMILES string of the molecule is CC(=O)N1CCc2cc(C(=O)Nc3ccccc3CN3CCCC(C(N)=O)C3)ccc21. The number of amides is 3. The van der Waals surface area contributed by atoms with E-state index in [1.54, 1.807) is 17.9 Å². The summed E-state index contributed by atoms with van der Waals surface area (Å²) in [6.45, 7) is 4.41. The molecule has 3 amide bonds. The van der Waals surface area contributed by atoms with Crippen molar-refractivity contribution in [1.29, 1.82) is 0 Å². The number of carbonyl (C=O) groups is 3. The van der Waals surface area contributed by atoms with Gasteiger partial charge in [0, 0.05) is 43.5 Å². The first kappa shape index (κ1) is 21.1. The van der Waals surface area contributed by atoms with Crippen molar-refractivity contribution in [1.82, 2.24) is 4.90 Å². The van der Waals surface area contributed by atoms with Crippen LogP contribution < -0.4 is 16.0 Å². The van der Waals surface area contributed by atoms with Crippen LogP contribution >= 0.6 is 0 Å². The van der Waals surface area contributed by atoms with Gasteiger partial charge in [0.05, 0.1) is 5.92 Å². The molecule has 7 heteroatoms. The molecule has 0 saturated carbocycles. The zero-order valence-electron chi connectivity index (χ0n) is 17.8. The fraction of sp³-hybridized carbons (Fsp3) is 0.375. The Morgan fingerprint density at radius 3 is 2.71 bits per heavy atom. The average Bonchev–Trinajstić information content (AvgIpc) is 3.19. The third-order valence-corrected chi connectivity index (χ3v) is 6.18. The highest BCUT2D eigenvalue weighted by Crippen LogP contribution is 2.29. The molecular formula is C24H28N4O3. The first-order valence-corrected chi connectivity index (χ1v) is 10.7. The lowest BCUT2D eigenvalue weighted by Gasteiger charge is -2.31. The summed E-state index contributed by atoms with van der Waals surface area (Å²) in [4.78, 5) is 40.2. The Bertz CT molecular complexity index is 1020. The minimum Gasteiger partial charge on any atom is -0.369 e. The summed E-state index contributed by atoms with van der Waals surface area (Å²) in [5, 5.41) is 3.04. The molecule has 2 aliphatic heterocycles. The van der Waals surface area contributed by atoms with Gasteiger partial charge in [-0.05, 0) is 61.2 Å². The lowest BCUT2D eigenvalue weighted by Crippen LogP contribution is -2.40. The van der Waals surface area contributed by atoms with E-state index in [1.807, 2.05) is 36.4 Å². The highest BCUT2D eigenvalue weighted by atomic mass is 16.2. The van der Waals surface area contributed by atoms with E-state index in [-0.39, 0.29) is 23.6 Å². The second-order valence-corrected chi connectivity index (χ2v) is 8.35. The first-order chi connectivity index (χ1) is 14.9. The number of nitrogens with zero attached hydrogens (tertiary/aromatic N) is 2. The summed E-state index contributed by atoms with van der Waals surface area (Å²) in [5.74, 6) is -0.519. The smallest absolute Gasteiger partial charge is 0.255 e. The zero-order valence-corrected chi connectivity index (χ0v) is 17.8. The van der Waals surface area contributed by atoms with Crippen LogP contribution in [0.25, 0.3) is 0 Å². The Morgan fingerprint density at radius 2 is 1.94 bits per heavy atom. The third kappa shape index (κ3) is 4.61. The Hall–Kier alpha value is -3.19. The van der Waals surface area contributed by atoms with Gasteiger partial charge in [-0.1, -0.05) is 18.2 Å². The molecule has 4 rings (SSSR count). The number of anilines is 2. The number of rotatable bonds is 5. The first-order valence-electron chi connectivity index (χ1n) is 10.7. The molecule has 3 N–H and O–H groups in total. The molecule has 162 valence electrons. The number of fused-ring (bicyclic) bond motifs is 1. The molecule has 31 heavy (non-hydrogen) atoms. The van der Waals surface area contributed by atoms with Crippen LogP contribution in [0.3, 0.4) is 0 Å². The molecule has 2 aliphatic rings. The van der Waals surface area contributed by atoms with Gasteiger partial charge in [-0.25, -0.2) is 0 Å². The molecule has 0 spiro atoms. The van der Waals surface area contributed by atoms with Crippen molar-refractivity contribution in [3.8, 4) is 0 Å². The van der Waals surface area contributed by atoms with Crippen molar-refractivity contribution < 1.29 is 14.4 Å². The van der Waals surface area contributed by atoms with Gasteiger partial charge < -0.3 is 16.0 Å². The van der Waals surface area contributed by atoms with Gasteiger partial charge in [-0.2, -0.15) is 0 Å². The van der Waals surface area contributed by atoms with Crippen LogP contribution in [0.5, 0.6) is 0 Å². The molecule has 2 aromatic rings. The zero-order chi connectivity index (χ0) is 22.0. The van der Waals surface area contributed by atoms with Gasteiger partial charge in [0.2, 0.25) is 11.8 Å². The molecule has 1 saturated heterocycles. The molecule has 1 unspecified atom stereocenters. The van der Waals surface area contributed by atoms with Gasteiger partial charge in [0.25, 0.3) is 5.91 Å². The van der Waals surface area contributed by atoms with Crippen molar-refractivity contribution >= 4 is 29.1 Å². The minimum absolute atomic E-state index is 0.0150. The van der Waals surface area contributed by atoms with Gasteiger partial charge in [-0.15, -0.1) is 0 Å². The molecule has 0 radical (unpaired) electrons. The van der Waals surface area contributed by atoms with E-state index in [2.05, 4.69) is 10.2 Å². The molecule has 2 aromatic carbocycles. The van der Waals surface area contributed by atoms with Crippen molar-refractivity contribution in [2.75, 3.05) is 29.9 Å².